The van der Waals surface area contributed by atoms with Crippen LogP contribution < -0.4 is 37.1 Å². The van der Waals surface area contributed by atoms with E-state index in [0.29, 0.717) is 43.8 Å². The van der Waals surface area contributed by atoms with Crippen LogP contribution in [0, 0.1) is 29.6 Å². The quantitative estimate of drug-likeness (QED) is 0.0168. The van der Waals surface area contributed by atoms with Crippen molar-refractivity contribution >= 4 is 53.2 Å². The summed E-state index contributed by atoms with van der Waals surface area (Å²) in [5.74, 6) is -9.47. The fourth-order valence-electron chi connectivity index (χ4n) is 11.0. The zero-order chi connectivity index (χ0) is 68.7. The average molecular weight is 1290 g/mol. The van der Waals surface area contributed by atoms with Crippen molar-refractivity contribution in [1.29, 1.82) is 0 Å². The van der Waals surface area contributed by atoms with Gasteiger partial charge in [0.2, 0.25) is 35.4 Å². The summed E-state index contributed by atoms with van der Waals surface area (Å²) in [4.78, 5) is 130. The fraction of sp³-hybridized carbons (Fsp3) is 0.542. The van der Waals surface area contributed by atoms with Crippen LogP contribution in [0.3, 0.4) is 0 Å². The van der Waals surface area contributed by atoms with Crippen LogP contribution in [0.25, 0.3) is 0 Å². The van der Waals surface area contributed by atoms with Crippen LogP contribution in [0.1, 0.15) is 157 Å². The maximum Gasteiger partial charge on any atom is 0.329 e. The summed E-state index contributed by atoms with van der Waals surface area (Å²) in [6.45, 7) is 21.9. The Kier molecular flexibility index (Phi) is 29.2. The maximum absolute atomic E-state index is 15.1. The number of ether oxygens (including phenoxy) is 4. The Labute approximate surface area is 549 Å². The van der Waals surface area contributed by atoms with Gasteiger partial charge >= 0.3 is 11.9 Å². The lowest BCUT2D eigenvalue weighted by Gasteiger charge is -2.37. The molecular formula is C72H101N7O14. The number of carboxylic acids is 1. The smallest absolute Gasteiger partial charge is 0.329 e. The highest BCUT2D eigenvalue weighted by Gasteiger charge is 2.42. The Morgan fingerprint density at radius 3 is 1.63 bits per heavy atom. The van der Waals surface area contributed by atoms with E-state index in [1.807, 2.05) is 119 Å². The first-order valence-electron chi connectivity index (χ1n) is 32.7. The summed E-state index contributed by atoms with van der Waals surface area (Å²) < 4.78 is 23.2. The minimum absolute atomic E-state index is 0.00783. The Bertz CT molecular complexity index is 2980. The first kappa shape index (κ1) is 75.7. The number of ketones is 1. The molecule has 0 saturated carbocycles. The second-order valence-electron chi connectivity index (χ2n) is 26.2. The van der Waals surface area contributed by atoms with Gasteiger partial charge in [0, 0.05) is 44.6 Å². The Morgan fingerprint density at radius 2 is 1.15 bits per heavy atom. The summed E-state index contributed by atoms with van der Waals surface area (Å²) in [6.07, 6.45) is -1.61. The van der Waals surface area contributed by atoms with Gasteiger partial charge in [-0.25, -0.2) is 9.59 Å². The number of nitrogens with one attached hydrogen (secondary N) is 5. The molecule has 1 saturated heterocycles. The number of benzene rings is 4. The SMILES string of the molecule is CC[C@H](C)[C@H](NC(=O)[C@H](Cc1ccc(OC(C)(C)C)cc1)N(C)C(=O)[C@@H](NC(=O)[C@@H](N)CCC1OCCO1)[C@@H](C)CC)C(=O)O[C@H](C)[C@H](NC(=O)[C@H](CCC(=O)NC(c1ccccc1)(c1ccccc1)c1ccccc1)CC(=O)C(C)C)C(=O)N[C@@H](CC(C)C)C(=O)O. The molecule has 10 atom stereocenters. The second kappa shape index (κ2) is 35.9. The minimum atomic E-state index is -1.79. The van der Waals surface area contributed by atoms with Gasteiger partial charge in [-0.3, -0.25) is 33.6 Å². The molecule has 1 aliphatic heterocycles. The van der Waals surface area contributed by atoms with Crippen LogP contribution in [-0.2, 0) is 69.3 Å². The summed E-state index contributed by atoms with van der Waals surface area (Å²) in [5, 5.41) is 24.5. The molecule has 1 heterocycles. The number of Topliss-reactive ketones (excluding diaryl/α,β-unsaturated/α-hetero) is 1. The lowest BCUT2D eigenvalue weighted by Crippen LogP contribution is -2.60. The molecule has 93 heavy (non-hydrogen) atoms. The number of amides is 6. The number of esters is 1. The molecule has 1 fully saturated rings. The molecule has 6 amide bonds. The van der Waals surface area contributed by atoms with Crippen LogP contribution in [0.5, 0.6) is 5.75 Å². The summed E-state index contributed by atoms with van der Waals surface area (Å²) >= 11 is 0. The highest BCUT2D eigenvalue weighted by Crippen LogP contribution is 2.37. The number of carboxylic acid groups (broad SMARTS) is 1. The normalized spacial score (nSPS) is 16.0. The fourth-order valence-corrected chi connectivity index (χ4v) is 11.0. The summed E-state index contributed by atoms with van der Waals surface area (Å²) in [6, 6.07) is 27.2. The van der Waals surface area contributed by atoms with Gasteiger partial charge in [-0.05, 0) is 99.1 Å². The van der Waals surface area contributed by atoms with Crippen molar-refractivity contribution in [3.63, 3.8) is 0 Å². The van der Waals surface area contributed by atoms with E-state index in [2.05, 4.69) is 26.6 Å². The predicted octanol–water partition coefficient (Wildman–Crippen LogP) is 7.93. The molecule has 4 aromatic carbocycles. The van der Waals surface area contributed by atoms with Crippen molar-refractivity contribution in [2.75, 3.05) is 20.3 Å². The zero-order valence-corrected chi connectivity index (χ0v) is 56.5. The highest BCUT2D eigenvalue weighted by atomic mass is 16.7. The number of nitrogens with two attached hydrogens (primary N) is 1. The second-order valence-corrected chi connectivity index (χ2v) is 26.2. The number of hydrogen-bond donors (Lipinski definition) is 7. The molecule has 21 nitrogen and oxygen atoms in total. The Morgan fingerprint density at radius 1 is 0.645 bits per heavy atom. The van der Waals surface area contributed by atoms with E-state index in [-0.39, 0.29) is 50.2 Å². The Balaban J connectivity index is 1.48. The van der Waals surface area contributed by atoms with Crippen molar-refractivity contribution < 1.29 is 67.2 Å². The van der Waals surface area contributed by atoms with Crippen LogP contribution in [0.15, 0.2) is 115 Å². The van der Waals surface area contributed by atoms with E-state index in [1.165, 1.54) is 18.9 Å². The molecule has 508 valence electrons. The standard InChI is InChI=1S/C72H101N7O14/c1-14-46(7)61(75-65(83)55(73)36-38-60-90-39-40-91-60)68(86)79(13)57(42-49-31-34-54(35-32-49)93-71(10,11)12)66(84)76-62(47(8)15-2)70(89)92-48(9)63(67(85)74-56(69(87)88)41-44(3)4)77-64(82)50(43-58(80)45(5)6)33-37-59(81)78-72(51-25-19-16-20-26-51,52-27-21-17-22-28-52)53-29-23-18-24-30-53/h16-32,34-35,44-48,50,55-57,60-63H,14-15,33,36-43,73H2,1-13H3,(H,74,85)(H,75,83)(H,76,84)(H,77,82)(H,78,81)(H,87,88)/t46-,47-,48+,50+,55-,56-,57-,61-,62-,63-/m0/s1. The van der Waals surface area contributed by atoms with Crippen molar-refractivity contribution in [2.24, 2.45) is 35.3 Å². The molecule has 0 unspecified atom stereocenters. The lowest BCUT2D eigenvalue weighted by atomic mass is 9.76. The number of rotatable bonds is 36. The number of nitrogens with zero attached hydrogens (tertiary/aromatic N) is 1. The van der Waals surface area contributed by atoms with E-state index in [1.54, 1.807) is 72.7 Å². The lowest BCUT2D eigenvalue weighted by molar-refractivity contribution is -0.158. The zero-order valence-electron chi connectivity index (χ0n) is 56.5. The first-order chi connectivity index (χ1) is 44.0. The highest BCUT2D eigenvalue weighted by molar-refractivity contribution is 5.96. The third-order valence-electron chi connectivity index (χ3n) is 17.0. The van der Waals surface area contributed by atoms with Crippen molar-refractivity contribution in [3.8, 4) is 5.75 Å². The van der Waals surface area contributed by atoms with Crippen LogP contribution >= 0.6 is 0 Å². The third kappa shape index (κ3) is 22.3. The van der Waals surface area contributed by atoms with Gasteiger partial charge in [0.1, 0.15) is 59.0 Å². The number of carbonyl (C=O) groups excluding carboxylic acids is 8. The molecule has 4 aromatic rings. The van der Waals surface area contributed by atoms with Gasteiger partial charge in [-0.2, -0.15) is 0 Å². The molecular weight excluding hydrogens is 1190 g/mol. The topological polar surface area (TPSA) is 300 Å². The third-order valence-corrected chi connectivity index (χ3v) is 17.0. The van der Waals surface area contributed by atoms with E-state index in [4.69, 9.17) is 24.7 Å². The predicted molar refractivity (Wildman–Crippen MR) is 354 cm³/mol. The number of likely N-dealkylation sites (N-methyl/N-ethyl adjacent to an activating group) is 1. The number of carbonyl (C=O) groups is 9. The van der Waals surface area contributed by atoms with Gasteiger partial charge in [0.25, 0.3) is 0 Å². The molecule has 8 N–H and O–H groups in total. The maximum atomic E-state index is 15.1. The number of hydrogen-bond acceptors (Lipinski definition) is 14. The summed E-state index contributed by atoms with van der Waals surface area (Å²) in [7, 11) is 1.44. The van der Waals surface area contributed by atoms with Crippen molar-refractivity contribution in [2.45, 2.75) is 201 Å². The molecule has 1 aliphatic rings. The average Bonchev–Trinajstić information content (AvgIpc) is 0.850. The van der Waals surface area contributed by atoms with Crippen LogP contribution in [0.2, 0.25) is 0 Å². The van der Waals surface area contributed by atoms with Crippen molar-refractivity contribution in [1.82, 2.24) is 31.5 Å². The van der Waals surface area contributed by atoms with Gasteiger partial charge in [0.05, 0.1) is 19.3 Å². The van der Waals surface area contributed by atoms with Gasteiger partial charge in [0.15, 0.2) is 6.29 Å². The molecule has 0 radical (unpaired) electrons. The molecule has 21 heteroatoms. The Hall–Kier alpha value is -8.01. The molecule has 5 rings (SSSR count). The molecule has 0 aliphatic carbocycles. The molecule has 0 spiro atoms. The monoisotopic (exact) mass is 1290 g/mol. The van der Waals surface area contributed by atoms with Crippen LogP contribution in [0.4, 0.5) is 0 Å². The van der Waals surface area contributed by atoms with E-state index in [0.717, 1.165) is 16.7 Å². The van der Waals surface area contributed by atoms with Gasteiger partial charge in [-0.1, -0.05) is 171 Å². The largest absolute Gasteiger partial charge is 0.488 e. The van der Waals surface area contributed by atoms with E-state index >= 15 is 4.79 Å². The molecule has 0 aromatic heterocycles. The van der Waals surface area contributed by atoms with Crippen molar-refractivity contribution in [3.05, 3.63) is 138 Å². The van der Waals surface area contributed by atoms with Gasteiger partial charge < -0.3 is 61.3 Å². The van der Waals surface area contributed by atoms with E-state index in [9.17, 15) is 43.5 Å². The van der Waals surface area contributed by atoms with Crippen LogP contribution in [-0.4, -0.2) is 138 Å². The minimum Gasteiger partial charge on any atom is -0.488 e. The van der Waals surface area contributed by atoms with Gasteiger partial charge in [-0.15, -0.1) is 0 Å². The summed E-state index contributed by atoms with van der Waals surface area (Å²) in [5.41, 5.74) is 7.52. The molecule has 0 bridgehead atoms. The van der Waals surface area contributed by atoms with E-state index < -0.39 is 131 Å². The number of aliphatic carboxylic acids is 1. The first-order valence-corrected chi connectivity index (χ1v) is 32.7.